The number of nitrogens with zero attached hydrogens (tertiary/aromatic N) is 3. The van der Waals surface area contributed by atoms with E-state index >= 15 is 0 Å². The molecule has 1 heterocycles. The van der Waals surface area contributed by atoms with Gasteiger partial charge in [0.2, 0.25) is 0 Å². The standard InChI is InChI=1S/C22H23N3OS/c1-22(2,3)16-6-9-18-19(13-24)21(27-20(18)12-16)25-14-15-4-7-17(8-5-15)26-11-10-23/h4-5,7-8,14,16H,6,9,11-12H2,1-3H3/t16-/m0/s1. The molecule has 138 valence electrons. The number of hydrogen-bond donors (Lipinski definition) is 0. The van der Waals surface area contributed by atoms with E-state index in [1.165, 1.54) is 10.4 Å². The maximum Gasteiger partial charge on any atom is 0.174 e. The zero-order valence-electron chi connectivity index (χ0n) is 16.0. The highest BCUT2D eigenvalue weighted by molar-refractivity contribution is 7.16. The zero-order valence-corrected chi connectivity index (χ0v) is 16.8. The van der Waals surface area contributed by atoms with E-state index in [2.05, 4.69) is 31.8 Å². The van der Waals surface area contributed by atoms with Crippen molar-refractivity contribution >= 4 is 22.6 Å². The highest BCUT2D eigenvalue weighted by Gasteiger charge is 2.32. The van der Waals surface area contributed by atoms with Gasteiger partial charge in [-0.1, -0.05) is 20.8 Å². The third-order valence-corrected chi connectivity index (χ3v) is 6.26. The van der Waals surface area contributed by atoms with E-state index in [-0.39, 0.29) is 12.0 Å². The Morgan fingerprint density at radius 1 is 1.26 bits per heavy atom. The van der Waals surface area contributed by atoms with E-state index < -0.39 is 0 Å². The molecule has 0 spiro atoms. The molecule has 1 aromatic carbocycles. The molecule has 5 heteroatoms. The van der Waals surface area contributed by atoms with Gasteiger partial charge in [0.25, 0.3) is 0 Å². The first kappa shape index (κ1) is 19.1. The number of ether oxygens (including phenoxy) is 1. The fourth-order valence-corrected chi connectivity index (χ4v) is 4.64. The van der Waals surface area contributed by atoms with Crippen LogP contribution in [0.1, 0.15) is 48.8 Å². The minimum atomic E-state index is 0.0370. The second-order valence-corrected chi connectivity index (χ2v) is 8.96. The van der Waals surface area contributed by atoms with Gasteiger partial charge < -0.3 is 4.74 Å². The predicted molar refractivity (Wildman–Crippen MR) is 109 cm³/mol. The molecule has 0 saturated carbocycles. The molecule has 2 aromatic rings. The Balaban J connectivity index is 1.80. The first-order valence-electron chi connectivity index (χ1n) is 9.11. The van der Waals surface area contributed by atoms with E-state index in [0.717, 1.165) is 35.4 Å². The average molecular weight is 378 g/mol. The predicted octanol–water partition coefficient (Wildman–Crippen LogP) is 5.42. The van der Waals surface area contributed by atoms with Gasteiger partial charge in [-0.3, -0.25) is 0 Å². The number of hydrogen-bond acceptors (Lipinski definition) is 5. The molecule has 3 rings (SSSR count). The van der Waals surface area contributed by atoms with Crippen molar-refractivity contribution in [1.82, 2.24) is 0 Å². The summed E-state index contributed by atoms with van der Waals surface area (Å²) in [4.78, 5) is 5.93. The van der Waals surface area contributed by atoms with Crippen LogP contribution in [0.15, 0.2) is 29.3 Å². The largest absolute Gasteiger partial charge is 0.479 e. The second kappa shape index (κ2) is 7.94. The summed E-state index contributed by atoms with van der Waals surface area (Å²) in [5.41, 5.74) is 3.16. The maximum absolute atomic E-state index is 9.65. The fourth-order valence-electron chi connectivity index (χ4n) is 3.42. The summed E-state index contributed by atoms with van der Waals surface area (Å²) in [6, 6.07) is 11.7. The topological polar surface area (TPSA) is 69.2 Å². The minimum absolute atomic E-state index is 0.0370. The molecule has 4 nitrogen and oxygen atoms in total. The molecule has 0 amide bonds. The van der Waals surface area contributed by atoms with Crippen LogP contribution in [-0.4, -0.2) is 12.8 Å². The van der Waals surface area contributed by atoms with E-state index in [1.807, 2.05) is 30.3 Å². The number of fused-ring (bicyclic) bond motifs is 1. The third-order valence-electron chi connectivity index (χ3n) is 5.10. The molecule has 0 radical (unpaired) electrons. The summed E-state index contributed by atoms with van der Waals surface area (Å²) in [7, 11) is 0. The zero-order chi connectivity index (χ0) is 19.4. The molecule has 1 aromatic heterocycles. The first-order valence-corrected chi connectivity index (χ1v) is 9.92. The molecule has 0 N–H and O–H groups in total. The van der Waals surface area contributed by atoms with Crippen LogP contribution in [0, 0.1) is 34.0 Å². The maximum atomic E-state index is 9.65. The number of benzene rings is 1. The van der Waals surface area contributed by atoms with Gasteiger partial charge in [-0.05, 0) is 66.0 Å². The SMILES string of the molecule is CC(C)(C)[C@H]1CCc2c(sc(N=Cc3ccc(OCC#N)cc3)c2C#N)C1. The van der Waals surface area contributed by atoms with Crippen molar-refractivity contribution in [3.63, 3.8) is 0 Å². The Bertz CT molecular complexity index is 921. The van der Waals surface area contributed by atoms with Crippen molar-refractivity contribution in [2.24, 2.45) is 16.3 Å². The Morgan fingerprint density at radius 2 is 2.00 bits per heavy atom. The smallest absolute Gasteiger partial charge is 0.174 e. The van der Waals surface area contributed by atoms with Crippen LogP contribution >= 0.6 is 11.3 Å². The van der Waals surface area contributed by atoms with Gasteiger partial charge >= 0.3 is 0 Å². The van der Waals surface area contributed by atoms with Gasteiger partial charge in [0.1, 0.15) is 22.9 Å². The van der Waals surface area contributed by atoms with Crippen molar-refractivity contribution in [3.8, 4) is 17.9 Å². The van der Waals surface area contributed by atoms with Crippen LogP contribution in [0.25, 0.3) is 0 Å². The van der Waals surface area contributed by atoms with Crippen molar-refractivity contribution in [2.75, 3.05) is 6.61 Å². The molecule has 27 heavy (non-hydrogen) atoms. The second-order valence-electron chi connectivity index (χ2n) is 7.88. The van der Waals surface area contributed by atoms with Crippen LogP contribution in [0.3, 0.4) is 0 Å². The van der Waals surface area contributed by atoms with E-state index in [4.69, 9.17) is 10.00 Å². The number of nitriles is 2. The van der Waals surface area contributed by atoms with Crippen molar-refractivity contribution in [2.45, 2.75) is 40.0 Å². The van der Waals surface area contributed by atoms with Gasteiger partial charge in [-0.2, -0.15) is 10.5 Å². The van der Waals surface area contributed by atoms with Crippen LogP contribution < -0.4 is 4.74 Å². The van der Waals surface area contributed by atoms with Crippen LogP contribution in [0.2, 0.25) is 0 Å². The molecule has 1 aliphatic carbocycles. The van der Waals surface area contributed by atoms with E-state index in [9.17, 15) is 5.26 Å². The summed E-state index contributed by atoms with van der Waals surface area (Å²) < 4.78 is 5.26. The van der Waals surface area contributed by atoms with Gasteiger partial charge in [0, 0.05) is 11.1 Å². The quantitative estimate of drug-likeness (QED) is 0.668. The fraction of sp³-hybridized carbons (Fsp3) is 0.409. The number of rotatable bonds is 4. The lowest BCUT2D eigenvalue weighted by Gasteiger charge is -2.33. The molecule has 0 bridgehead atoms. The molecule has 0 saturated heterocycles. The van der Waals surface area contributed by atoms with Gasteiger partial charge in [0.05, 0.1) is 5.56 Å². The molecule has 1 atom stereocenters. The molecule has 0 aliphatic heterocycles. The molecule has 0 unspecified atom stereocenters. The van der Waals surface area contributed by atoms with Gasteiger partial charge in [0.15, 0.2) is 6.61 Å². The minimum Gasteiger partial charge on any atom is -0.479 e. The lowest BCUT2D eigenvalue weighted by molar-refractivity contribution is 0.218. The first-order chi connectivity index (χ1) is 12.9. The number of aliphatic imine (C=N–C) groups is 1. The summed E-state index contributed by atoms with van der Waals surface area (Å²) in [6.45, 7) is 6.93. The van der Waals surface area contributed by atoms with Gasteiger partial charge in [-0.15, -0.1) is 11.3 Å². The molecular formula is C22H23N3OS. The van der Waals surface area contributed by atoms with E-state index in [0.29, 0.717) is 11.7 Å². The van der Waals surface area contributed by atoms with Crippen molar-refractivity contribution < 1.29 is 4.74 Å². The number of thiophene rings is 1. The molecular weight excluding hydrogens is 354 g/mol. The summed E-state index contributed by atoms with van der Waals surface area (Å²) in [5, 5.41) is 19.0. The molecule has 1 aliphatic rings. The highest BCUT2D eigenvalue weighted by atomic mass is 32.1. The normalized spacial score (nSPS) is 16.6. The van der Waals surface area contributed by atoms with Gasteiger partial charge in [-0.25, -0.2) is 4.99 Å². The van der Waals surface area contributed by atoms with Crippen molar-refractivity contribution in [1.29, 1.82) is 10.5 Å². The summed E-state index contributed by atoms with van der Waals surface area (Å²) in [5.74, 6) is 1.30. The Morgan fingerprint density at radius 3 is 2.63 bits per heavy atom. The van der Waals surface area contributed by atoms with Crippen LogP contribution in [0.4, 0.5) is 5.00 Å². The monoisotopic (exact) mass is 377 g/mol. The van der Waals surface area contributed by atoms with Crippen molar-refractivity contribution in [3.05, 3.63) is 45.8 Å². The average Bonchev–Trinajstić information content (AvgIpc) is 3.01. The lowest BCUT2D eigenvalue weighted by atomic mass is 9.72. The summed E-state index contributed by atoms with van der Waals surface area (Å²) in [6.07, 6.45) is 4.93. The Hall–Kier alpha value is -2.63. The van der Waals surface area contributed by atoms with E-state index in [1.54, 1.807) is 17.6 Å². The van der Waals surface area contributed by atoms with Crippen LogP contribution in [0.5, 0.6) is 5.75 Å². The Kier molecular flexibility index (Phi) is 5.63. The highest BCUT2D eigenvalue weighted by Crippen LogP contribution is 2.44. The lowest BCUT2D eigenvalue weighted by Crippen LogP contribution is -2.26. The third kappa shape index (κ3) is 4.38. The van der Waals surface area contributed by atoms with Crippen LogP contribution in [-0.2, 0) is 12.8 Å². The Labute approximate surface area is 164 Å². The molecule has 0 fully saturated rings. The summed E-state index contributed by atoms with van der Waals surface area (Å²) >= 11 is 1.66.